The van der Waals surface area contributed by atoms with Crippen molar-refractivity contribution in [1.29, 1.82) is 0 Å². The van der Waals surface area contributed by atoms with Crippen molar-refractivity contribution in [1.82, 2.24) is 10.2 Å². The highest BCUT2D eigenvalue weighted by molar-refractivity contribution is 5.98. The summed E-state index contributed by atoms with van der Waals surface area (Å²) in [5, 5.41) is 11.1. The molecule has 0 saturated carbocycles. The minimum atomic E-state index is -1.07. The number of hydrogen-bond acceptors (Lipinski definition) is 4. The summed E-state index contributed by atoms with van der Waals surface area (Å²) >= 11 is 0. The maximum atomic E-state index is 12.7. The molecule has 0 aliphatic carbocycles. The van der Waals surface area contributed by atoms with Crippen LogP contribution in [-0.2, 0) is 6.54 Å². The zero-order valence-corrected chi connectivity index (χ0v) is 15.1. The summed E-state index contributed by atoms with van der Waals surface area (Å²) in [6.07, 6.45) is -1.07. The number of nitrogens with one attached hydrogen (secondary N) is 1. The first-order chi connectivity index (χ1) is 12.5. The highest BCUT2D eigenvalue weighted by atomic mass is 16.5. The molecule has 2 rings (SSSR count). The van der Waals surface area contributed by atoms with Crippen LogP contribution in [0.4, 0.5) is 4.79 Å². The first-order valence-electron chi connectivity index (χ1n) is 8.40. The molecule has 26 heavy (non-hydrogen) atoms. The lowest BCUT2D eigenvalue weighted by Crippen LogP contribution is -2.37. The van der Waals surface area contributed by atoms with Gasteiger partial charge in [-0.2, -0.15) is 0 Å². The highest BCUT2D eigenvalue weighted by Crippen LogP contribution is 2.14. The Morgan fingerprint density at radius 2 is 1.81 bits per heavy atom. The minimum Gasteiger partial charge on any atom is -0.497 e. The average molecular weight is 356 g/mol. The normalized spacial score (nSPS) is 10.6. The van der Waals surface area contributed by atoms with Crippen LogP contribution in [0.25, 0.3) is 0 Å². The van der Waals surface area contributed by atoms with E-state index in [2.05, 4.69) is 5.32 Å². The molecule has 0 unspecified atom stereocenters. The lowest BCUT2D eigenvalue weighted by atomic mass is 10.0. The summed E-state index contributed by atoms with van der Waals surface area (Å²) in [7, 11) is 1.61. The quantitative estimate of drug-likeness (QED) is 0.676. The fourth-order valence-electron chi connectivity index (χ4n) is 2.70. The van der Waals surface area contributed by atoms with Crippen molar-refractivity contribution in [3.8, 4) is 5.75 Å². The minimum absolute atomic E-state index is 0.0203. The number of benzene rings is 2. The van der Waals surface area contributed by atoms with Crippen molar-refractivity contribution in [2.75, 3.05) is 26.7 Å². The number of rotatable bonds is 9. The number of aryl methyl sites for hydroxylation is 1. The van der Waals surface area contributed by atoms with Crippen LogP contribution in [0.15, 0.2) is 48.5 Å². The van der Waals surface area contributed by atoms with Gasteiger partial charge in [-0.3, -0.25) is 9.69 Å². The molecule has 2 N–H and O–H groups in total. The maximum absolute atomic E-state index is 12.7. The average Bonchev–Trinajstić information content (AvgIpc) is 2.62. The molecule has 0 radical (unpaired) electrons. The van der Waals surface area contributed by atoms with Gasteiger partial charge < -0.3 is 15.2 Å². The van der Waals surface area contributed by atoms with Crippen LogP contribution >= 0.6 is 0 Å². The molecule has 1 amide bonds. The van der Waals surface area contributed by atoms with Crippen LogP contribution in [-0.4, -0.2) is 48.6 Å². The number of ether oxygens (including phenoxy) is 1. The van der Waals surface area contributed by atoms with E-state index >= 15 is 0 Å². The lowest BCUT2D eigenvalue weighted by molar-refractivity contribution is 0.0926. The highest BCUT2D eigenvalue weighted by Gasteiger charge is 2.15. The number of carbonyl (C=O) groups is 2. The van der Waals surface area contributed by atoms with Gasteiger partial charge in [0.2, 0.25) is 0 Å². The fraction of sp³-hybridized carbons (Fsp3) is 0.300. The molecule has 0 aliphatic heterocycles. The van der Waals surface area contributed by atoms with E-state index in [1.807, 2.05) is 60.4 Å². The molecular weight excluding hydrogens is 332 g/mol. The molecule has 0 atom stereocenters. The summed E-state index contributed by atoms with van der Waals surface area (Å²) in [5.41, 5.74) is 2.66. The third-order valence-corrected chi connectivity index (χ3v) is 4.08. The van der Waals surface area contributed by atoms with Gasteiger partial charge in [-0.05, 0) is 30.2 Å². The summed E-state index contributed by atoms with van der Waals surface area (Å²) in [5.74, 6) is 0.788. The Bertz CT molecular complexity index is 744. The van der Waals surface area contributed by atoms with Gasteiger partial charge in [0.05, 0.1) is 13.7 Å². The van der Waals surface area contributed by atoms with Crippen LogP contribution in [0.1, 0.15) is 21.5 Å². The molecule has 0 saturated heterocycles. The van der Waals surface area contributed by atoms with Gasteiger partial charge in [-0.25, -0.2) is 4.79 Å². The summed E-state index contributed by atoms with van der Waals surface area (Å²) in [6, 6.07) is 15.1. The first-order valence-corrected chi connectivity index (χ1v) is 8.40. The van der Waals surface area contributed by atoms with Crippen molar-refractivity contribution in [3.05, 3.63) is 65.2 Å². The van der Waals surface area contributed by atoms with Crippen molar-refractivity contribution in [2.24, 2.45) is 0 Å². The van der Waals surface area contributed by atoms with Gasteiger partial charge in [0.25, 0.3) is 0 Å². The Morgan fingerprint density at radius 1 is 1.12 bits per heavy atom. The van der Waals surface area contributed by atoms with Crippen molar-refractivity contribution in [3.63, 3.8) is 0 Å². The topological polar surface area (TPSA) is 78.9 Å². The number of nitrogens with zero attached hydrogens (tertiary/aromatic N) is 1. The zero-order valence-electron chi connectivity index (χ0n) is 15.1. The number of methoxy groups -OCH3 is 1. The largest absolute Gasteiger partial charge is 0.497 e. The van der Waals surface area contributed by atoms with Gasteiger partial charge in [0.1, 0.15) is 5.75 Å². The predicted octanol–water partition coefficient (Wildman–Crippen LogP) is 2.96. The first kappa shape index (κ1) is 19.5. The molecule has 6 heteroatoms. The summed E-state index contributed by atoms with van der Waals surface area (Å²) in [6.45, 7) is 3.37. The van der Waals surface area contributed by atoms with Crippen molar-refractivity contribution >= 4 is 11.9 Å². The molecule has 0 heterocycles. The molecule has 138 valence electrons. The molecule has 0 fully saturated rings. The van der Waals surface area contributed by atoms with Gasteiger partial charge >= 0.3 is 6.09 Å². The Hall–Kier alpha value is -2.86. The van der Waals surface area contributed by atoms with E-state index in [-0.39, 0.29) is 18.9 Å². The molecule has 0 aliphatic rings. The molecule has 6 nitrogen and oxygen atoms in total. The zero-order chi connectivity index (χ0) is 18.9. The standard InChI is InChI=1S/C20H24N2O4/c1-15-5-3-4-6-18(15)19(23)14-22(12-11-21-20(24)25)13-16-7-9-17(26-2)10-8-16/h3-10,21H,11-14H2,1-2H3,(H,24,25). The predicted molar refractivity (Wildman–Crippen MR) is 99.8 cm³/mol. The molecule has 2 aromatic rings. The Labute approximate surface area is 153 Å². The van der Waals surface area contributed by atoms with Crippen LogP contribution < -0.4 is 10.1 Å². The second kappa shape index (κ2) is 9.58. The molecular formula is C20H24N2O4. The van der Waals surface area contributed by atoms with E-state index in [0.29, 0.717) is 18.7 Å². The van der Waals surface area contributed by atoms with Gasteiger partial charge in [-0.15, -0.1) is 0 Å². The van der Waals surface area contributed by atoms with Crippen molar-refractivity contribution in [2.45, 2.75) is 13.5 Å². The Balaban J connectivity index is 2.07. The number of carbonyl (C=O) groups excluding carboxylic acids is 1. The van der Waals surface area contributed by atoms with E-state index in [1.165, 1.54) is 0 Å². The molecule has 0 spiro atoms. The third kappa shape index (κ3) is 5.89. The SMILES string of the molecule is COc1ccc(CN(CCNC(=O)O)CC(=O)c2ccccc2C)cc1. The number of ketones is 1. The maximum Gasteiger partial charge on any atom is 0.404 e. The number of hydrogen-bond donors (Lipinski definition) is 2. The molecule has 0 bridgehead atoms. The monoisotopic (exact) mass is 356 g/mol. The van der Waals surface area contributed by atoms with E-state index in [4.69, 9.17) is 9.84 Å². The van der Waals surface area contributed by atoms with Gasteiger partial charge in [0, 0.05) is 25.2 Å². The van der Waals surface area contributed by atoms with E-state index in [1.54, 1.807) is 7.11 Å². The van der Waals surface area contributed by atoms with E-state index < -0.39 is 6.09 Å². The summed E-state index contributed by atoms with van der Waals surface area (Å²) in [4.78, 5) is 25.3. The number of carboxylic acid groups (broad SMARTS) is 1. The Kier molecular flexibility index (Phi) is 7.17. The fourth-order valence-corrected chi connectivity index (χ4v) is 2.70. The molecule has 0 aromatic heterocycles. The van der Waals surface area contributed by atoms with E-state index in [9.17, 15) is 9.59 Å². The third-order valence-electron chi connectivity index (χ3n) is 4.08. The van der Waals surface area contributed by atoms with Gasteiger partial charge in [-0.1, -0.05) is 36.4 Å². The molecule has 2 aromatic carbocycles. The van der Waals surface area contributed by atoms with E-state index in [0.717, 1.165) is 16.9 Å². The second-order valence-electron chi connectivity index (χ2n) is 6.03. The number of amides is 1. The second-order valence-corrected chi connectivity index (χ2v) is 6.03. The lowest BCUT2D eigenvalue weighted by Gasteiger charge is -2.22. The van der Waals surface area contributed by atoms with Crippen LogP contribution in [0.2, 0.25) is 0 Å². The van der Waals surface area contributed by atoms with Crippen LogP contribution in [0.5, 0.6) is 5.75 Å². The van der Waals surface area contributed by atoms with Crippen molar-refractivity contribution < 1.29 is 19.4 Å². The number of Topliss-reactive ketones (excluding diaryl/α,β-unsaturated/α-hetero) is 1. The Morgan fingerprint density at radius 3 is 2.42 bits per heavy atom. The smallest absolute Gasteiger partial charge is 0.404 e. The summed E-state index contributed by atoms with van der Waals surface area (Å²) < 4.78 is 5.16. The van der Waals surface area contributed by atoms with Crippen LogP contribution in [0, 0.1) is 6.92 Å². The van der Waals surface area contributed by atoms with Crippen LogP contribution in [0.3, 0.4) is 0 Å². The van der Waals surface area contributed by atoms with Gasteiger partial charge in [0.15, 0.2) is 5.78 Å².